The fraction of sp³-hybridized carbons (Fsp3) is 0.467. The number of rotatable bonds is 5. The first-order chi connectivity index (χ1) is 8.67. The van der Waals surface area contributed by atoms with Crippen molar-refractivity contribution in [3.05, 3.63) is 35.4 Å². The molecular formula is C15H21NO2. The fourth-order valence-electron chi connectivity index (χ4n) is 1.77. The van der Waals surface area contributed by atoms with Crippen LogP contribution in [0.3, 0.4) is 0 Å². The fourth-order valence-corrected chi connectivity index (χ4v) is 1.77. The summed E-state index contributed by atoms with van der Waals surface area (Å²) in [6.45, 7) is 5.75. The van der Waals surface area contributed by atoms with Crippen LogP contribution in [0.4, 0.5) is 0 Å². The summed E-state index contributed by atoms with van der Waals surface area (Å²) in [7, 11) is 0. The third-order valence-electron chi connectivity index (χ3n) is 2.74. The smallest absolute Gasteiger partial charge is 0.104 e. The third kappa shape index (κ3) is 4.89. The highest BCUT2D eigenvalue weighted by molar-refractivity contribution is 5.37. The average molecular weight is 247 g/mol. The molecule has 0 amide bonds. The highest BCUT2D eigenvalue weighted by Crippen LogP contribution is 2.10. The van der Waals surface area contributed by atoms with E-state index in [4.69, 9.17) is 10.2 Å². The SMILES string of the molecule is CC(C)N(CCO)Cc1cccc(C#CCO)c1. The van der Waals surface area contributed by atoms with Crippen molar-refractivity contribution in [2.75, 3.05) is 19.8 Å². The Balaban J connectivity index is 2.76. The molecule has 1 rings (SSSR count). The normalized spacial score (nSPS) is 10.6. The van der Waals surface area contributed by atoms with Crippen LogP contribution in [-0.2, 0) is 6.54 Å². The van der Waals surface area contributed by atoms with Crippen LogP contribution in [0.2, 0.25) is 0 Å². The van der Waals surface area contributed by atoms with Crippen LogP contribution >= 0.6 is 0 Å². The Morgan fingerprint density at radius 1 is 1.28 bits per heavy atom. The molecule has 0 radical (unpaired) electrons. The second-order valence-electron chi connectivity index (χ2n) is 4.45. The average Bonchev–Trinajstić information content (AvgIpc) is 2.36. The molecule has 18 heavy (non-hydrogen) atoms. The van der Waals surface area contributed by atoms with Gasteiger partial charge in [-0.1, -0.05) is 24.0 Å². The van der Waals surface area contributed by atoms with Gasteiger partial charge in [0.2, 0.25) is 0 Å². The first-order valence-corrected chi connectivity index (χ1v) is 6.21. The second-order valence-corrected chi connectivity index (χ2v) is 4.45. The van der Waals surface area contributed by atoms with E-state index in [1.165, 1.54) is 5.56 Å². The molecule has 2 N–H and O–H groups in total. The molecule has 0 spiro atoms. The van der Waals surface area contributed by atoms with Gasteiger partial charge in [-0.3, -0.25) is 4.90 Å². The summed E-state index contributed by atoms with van der Waals surface area (Å²) in [5.74, 6) is 5.55. The van der Waals surface area contributed by atoms with Gasteiger partial charge in [0, 0.05) is 24.7 Å². The molecule has 0 unspecified atom stereocenters. The van der Waals surface area contributed by atoms with Crippen LogP contribution in [0.1, 0.15) is 25.0 Å². The lowest BCUT2D eigenvalue weighted by Crippen LogP contribution is -2.32. The molecule has 0 fully saturated rings. The molecule has 3 heteroatoms. The van der Waals surface area contributed by atoms with Gasteiger partial charge in [0.05, 0.1) is 6.61 Å². The van der Waals surface area contributed by atoms with E-state index < -0.39 is 0 Å². The number of aliphatic hydroxyl groups excluding tert-OH is 2. The van der Waals surface area contributed by atoms with Crippen molar-refractivity contribution in [3.63, 3.8) is 0 Å². The standard InChI is InChI=1S/C15H21NO2/c1-13(2)16(8-10-18)12-15-6-3-5-14(11-15)7-4-9-17/h3,5-6,11,13,17-18H,8-10,12H2,1-2H3. The van der Waals surface area contributed by atoms with Crippen LogP contribution < -0.4 is 0 Å². The zero-order valence-corrected chi connectivity index (χ0v) is 11.1. The molecule has 0 bridgehead atoms. The van der Waals surface area contributed by atoms with E-state index in [1.807, 2.05) is 18.2 Å². The molecule has 0 aromatic heterocycles. The molecule has 1 aromatic carbocycles. The maximum absolute atomic E-state index is 9.04. The van der Waals surface area contributed by atoms with Crippen molar-refractivity contribution >= 4 is 0 Å². The van der Waals surface area contributed by atoms with E-state index in [2.05, 4.69) is 36.7 Å². The molecule has 0 saturated carbocycles. The van der Waals surface area contributed by atoms with Gasteiger partial charge in [-0.2, -0.15) is 0 Å². The Labute approximate surface area is 109 Å². The van der Waals surface area contributed by atoms with E-state index in [-0.39, 0.29) is 13.2 Å². The Morgan fingerprint density at radius 2 is 2.06 bits per heavy atom. The summed E-state index contributed by atoms with van der Waals surface area (Å²) in [4.78, 5) is 2.21. The molecule has 0 atom stereocenters. The van der Waals surface area contributed by atoms with Crippen LogP contribution in [0.15, 0.2) is 24.3 Å². The van der Waals surface area contributed by atoms with Crippen molar-refractivity contribution in [2.45, 2.75) is 26.4 Å². The van der Waals surface area contributed by atoms with Gasteiger partial charge < -0.3 is 10.2 Å². The quantitative estimate of drug-likeness (QED) is 0.769. The van der Waals surface area contributed by atoms with Crippen molar-refractivity contribution in [1.29, 1.82) is 0 Å². The number of nitrogens with zero attached hydrogens (tertiary/aromatic N) is 1. The summed E-state index contributed by atoms with van der Waals surface area (Å²) in [6, 6.07) is 8.36. The van der Waals surface area contributed by atoms with Gasteiger partial charge in [0.1, 0.15) is 6.61 Å². The molecule has 3 nitrogen and oxygen atoms in total. The Bertz CT molecular complexity index is 418. The van der Waals surface area contributed by atoms with Crippen molar-refractivity contribution in [3.8, 4) is 11.8 Å². The lowest BCUT2D eigenvalue weighted by molar-refractivity contribution is 0.159. The van der Waals surface area contributed by atoms with E-state index in [9.17, 15) is 0 Å². The Kier molecular flexibility index (Phi) is 6.45. The molecular weight excluding hydrogens is 226 g/mol. The van der Waals surface area contributed by atoms with Crippen molar-refractivity contribution in [2.24, 2.45) is 0 Å². The maximum Gasteiger partial charge on any atom is 0.104 e. The summed E-state index contributed by atoms with van der Waals surface area (Å²) < 4.78 is 0. The maximum atomic E-state index is 9.04. The molecule has 0 saturated heterocycles. The van der Waals surface area contributed by atoms with E-state index in [0.29, 0.717) is 12.6 Å². The Morgan fingerprint density at radius 3 is 2.67 bits per heavy atom. The van der Waals surface area contributed by atoms with Crippen molar-refractivity contribution < 1.29 is 10.2 Å². The van der Waals surface area contributed by atoms with Gasteiger partial charge in [0.15, 0.2) is 0 Å². The molecule has 0 aliphatic heterocycles. The monoisotopic (exact) mass is 247 g/mol. The molecule has 98 valence electrons. The van der Waals surface area contributed by atoms with E-state index in [0.717, 1.165) is 12.1 Å². The zero-order valence-electron chi connectivity index (χ0n) is 11.1. The minimum atomic E-state index is -0.118. The predicted octanol–water partition coefficient (Wildman–Crippen LogP) is 1.23. The molecule has 0 aliphatic rings. The van der Waals surface area contributed by atoms with Gasteiger partial charge >= 0.3 is 0 Å². The molecule has 1 aromatic rings. The Hall–Kier alpha value is -1.34. The largest absolute Gasteiger partial charge is 0.395 e. The number of hydrogen-bond acceptors (Lipinski definition) is 3. The summed E-state index contributed by atoms with van der Waals surface area (Å²) in [5.41, 5.74) is 2.08. The van der Waals surface area contributed by atoms with E-state index >= 15 is 0 Å². The summed E-state index contributed by atoms with van der Waals surface area (Å²) >= 11 is 0. The first-order valence-electron chi connectivity index (χ1n) is 6.21. The van der Waals surface area contributed by atoms with Crippen LogP contribution in [0, 0.1) is 11.8 Å². The number of aliphatic hydroxyl groups is 2. The first kappa shape index (κ1) is 14.7. The number of hydrogen-bond donors (Lipinski definition) is 2. The van der Waals surface area contributed by atoms with Crippen LogP contribution in [0.5, 0.6) is 0 Å². The minimum Gasteiger partial charge on any atom is -0.395 e. The molecule has 0 aliphatic carbocycles. The highest BCUT2D eigenvalue weighted by atomic mass is 16.3. The van der Waals surface area contributed by atoms with Crippen LogP contribution in [-0.4, -0.2) is 40.9 Å². The summed E-state index contributed by atoms with van der Waals surface area (Å²) in [5, 5.41) is 17.7. The zero-order chi connectivity index (χ0) is 13.4. The van der Waals surface area contributed by atoms with E-state index in [1.54, 1.807) is 0 Å². The van der Waals surface area contributed by atoms with Gasteiger partial charge in [-0.15, -0.1) is 0 Å². The predicted molar refractivity (Wildman–Crippen MR) is 73.0 cm³/mol. The third-order valence-corrected chi connectivity index (χ3v) is 2.74. The minimum absolute atomic E-state index is 0.118. The topological polar surface area (TPSA) is 43.7 Å². The van der Waals surface area contributed by atoms with Gasteiger partial charge in [-0.05, 0) is 31.5 Å². The van der Waals surface area contributed by atoms with Gasteiger partial charge in [0.25, 0.3) is 0 Å². The van der Waals surface area contributed by atoms with Crippen LogP contribution in [0.25, 0.3) is 0 Å². The lowest BCUT2D eigenvalue weighted by atomic mass is 10.1. The van der Waals surface area contributed by atoms with Gasteiger partial charge in [-0.25, -0.2) is 0 Å². The number of benzene rings is 1. The molecule has 0 heterocycles. The highest BCUT2D eigenvalue weighted by Gasteiger charge is 2.09. The van der Waals surface area contributed by atoms with Crippen molar-refractivity contribution in [1.82, 2.24) is 4.90 Å². The summed E-state index contributed by atoms with van der Waals surface area (Å²) in [6.07, 6.45) is 0. The second kappa shape index (κ2) is 7.88. The lowest BCUT2D eigenvalue weighted by Gasteiger charge is -2.25.